The molecule has 0 N–H and O–H groups in total. The van der Waals surface area contributed by atoms with E-state index in [9.17, 15) is 0 Å². The Kier molecular flexibility index (Phi) is 3.54. The molecule has 1 rings (SSSR count). The maximum absolute atomic E-state index is 8.41. The lowest BCUT2D eigenvalue weighted by Gasteiger charge is -1.99. The molecule has 1 nitrogen and oxygen atoms in total. The molecule has 0 fully saturated rings. The molecule has 0 amide bonds. The van der Waals surface area contributed by atoms with Gasteiger partial charge in [-0.25, -0.2) is 0 Å². The fourth-order valence-electron chi connectivity index (χ4n) is 1.09. The Bertz CT molecular complexity index is 343. The third-order valence-electron chi connectivity index (χ3n) is 1.71. The first-order valence-corrected chi connectivity index (χ1v) is 4.40. The summed E-state index contributed by atoms with van der Waals surface area (Å²) in [5.41, 5.74) is 2.23. The van der Waals surface area contributed by atoms with Gasteiger partial charge in [-0.2, -0.15) is 5.26 Å². The van der Waals surface area contributed by atoms with Gasteiger partial charge in [-0.3, -0.25) is 0 Å². The van der Waals surface area contributed by atoms with Crippen LogP contribution in [0, 0.1) is 11.3 Å². The van der Waals surface area contributed by atoms with Crippen LogP contribution < -0.4 is 0 Å². The Balaban J connectivity index is 2.71. The van der Waals surface area contributed by atoms with E-state index in [-0.39, 0.29) is 0 Å². The van der Waals surface area contributed by atoms with Gasteiger partial charge in [-0.15, -0.1) is 0 Å². The predicted molar refractivity (Wildman–Crippen MR) is 54.5 cm³/mol. The van der Waals surface area contributed by atoms with Gasteiger partial charge in [0.05, 0.1) is 6.07 Å². The summed E-state index contributed by atoms with van der Waals surface area (Å²) in [5.74, 6) is 0. The highest BCUT2D eigenvalue weighted by Crippen LogP contribution is 2.12. The van der Waals surface area contributed by atoms with Crippen LogP contribution in [0.3, 0.4) is 0 Å². The van der Waals surface area contributed by atoms with Crippen LogP contribution in [-0.4, -0.2) is 0 Å². The van der Waals surface area contributed by atoms with E-state index >= 15 is 0 Å². The maximum Gasteiger partial charge on any atom is 0.0911 e. The molecule has 0 aliphatic rings. The molecule has 0 heterocycles. The Morgan fingerprint density at radius 1 is 1.46 bits per heavy atom. The second kappa shape index (κ2) is 4.69. The molecule has 0 aliphatic heterocycles. The molecule has 0 bridgehead atoms. The van der Waals surface area contributed by atoms with E-state index in [4.69, 9.17) is 16.9 Å². The molecule has 0 aromatic heterocycles. The van der Waals surface area contributed by atoms with Gasteiger partial charge in [0.15, 0.2) is 0 Å². The fourth-order valence-corrected chi connectivity index (χ4v) is 1.21. The molecule has 1 aromatic carbocycles. The summed E-state index contributed by atoms with van der Waals surface area (Å²) in [5, 5.41) is 9.15. The van der Waals surface area contributed by atoms with Crippen molar-refractivity contribution in [3.8, 4) is 6.07 Å². The van der Waals surface area contributed by atoms with E-state index < -0.39 is 0 Å². The number of benzene rings is 1. The van der Waals surface area contributed by atoms with Crippen molar-refractivity contribution in [3.63, 3.8) is 0 Å². The molecule has 0 unspecified atom stereocenters. The van der Waals surface area contributed by atoms with Crippen molar-refractivity contribution in [1.82, 2.24) is 0 Å². The second-order valence-corrected chi connectivity index (χ2v) is 3.36. The zero-order valence-corrected chi connectivity index (χ0v) is 8.17. The molecule has 66 valence electrons. The largest absolute Gasteiger partial charge is 0.193 e. The first kappa shape index (κ1) is 9.83. The summed E-state index contributed by atoms with van der Waals surface area (Å²) in [6.45, 7) is 1.94. The number of allylic oxidation sites excluding steroid dienone is 2. The first-order chi connectivity index (χ1) is 6.22. The highest BCUT2D eigenvalue weighted by Gasteiger charge is 1.94. The van der Waals surface area contributed by atoms with E-state index in [0.29, 0.717) is 0 Å². The van der Waals surface area contributed by atoms with Gasteiger partial charge in [-0.05, 0) is 31.0 Å². The topological polar surface area (TPSA) is 23.8 Å². The molecular formula is C11H10ClN. The zero-order chi connectivity index (χ0) is 9.68. The normalized spacial score (nSPS) is 11.0. The van der Waals surface area contributed by atoms with Gasteiger partial charge in [0, 0.05) is 11.1 Å². The van der Waals surface area contributed by atoms with Crippen molar-refractivity contribution < 1.29 is 0 Å². The Labute approximate surface area is 83.3 Å². The third-order valence-corrected chi connectivity index (χ3v) is 1.96. The number of rotatable bonds is 2. The standard InChI is InChI=1S/C11H10ClN/c1-9(6-7-13)8-10-2-4-11(12)5-3-10/h2-6H,8H2,1H3/b9-6+. The summed E-state index contributed by atoms with van der Waals surface area (Å²) < 4.78 is 0. The van der Waals surface area contributed by atoms with E-state index in [1.54, 1.807) is 6.08 Å². The van der Waals surface area contributed by atoms with Crippen LogP contribution in [-0.2, 0) is 6.42 Å². The van der Waals surface area contributed by atoms with Gasteiger partial charge in [0.1, 0.15) is 0 Å². The van der Waals surface area contributed by atoms with Crippen LogP contribution in [0.25, 0.3) is 0 Å². The molecule has 0 radical (unpaired) electrons. The summed E-state index contributed by atoms with van der Waals surface area (Å²) in [4.78, 5) is 0. The molecule has 0 aliphatic carbocycles. The third kappa shape index (κ3) is 3.31. The zero-order valence-electron chi connectivity index (χ0n) is 7.42. The molecule has 13 heavy (non-hydrogen) atoms. The quantitative estimate of drug-likeness (QED) is 0.658. The fraction of sp³-hybridized carbons (Fsp3) is 0.182. The summed E-state index contributed by atoms with van der Waals surface area (Å²) in [6, 6.07) is 9.66. The molecule has 1 aromatic rings. The summed E-state index contributed by atoms with van der Waals surface area (Å²) >= 11 is 5.74. The van der Waals surface area contributed by atoms with Gasteiger partial charge in [0.2, 0.25) is 0 Å². The van der Waals surface area contributed by atoms with Crippen molar-refractivity contribution in [2.75, 3.05) is 0 Å². The minimum atomic E-state index is 0.741. The molecule has 2 heteroatoms. The highest BCUT2D eigenvalue weighted by molar-refractivity contribution is 6.30. The average molecular weight is 192 g/mol. The molecular weight excluding hydrogens is 182 g/mol. The second-order valence-electron chi connectivity index (χ2n) is 2.92. The van der Waals surface area contributed by atoms with Crippen LogP contribution in [0.4, 0.5) is 0 Å². The van der Waals surface area contributed by atoms with Crippen molar-refractivity contribution in [2.24, 2.45) is 0 Å². The number of hydrogen-bond donors (Lipinski definition) is 0. The minimum Gasteiger partial charge on any atom is -0.193 e. The number of nitriles is 1. The van der Waals surface area contributed by atoms with Gasteiger partial charge >= 0.3 is 0 Å². The Morgan fingerprint density at radius 3 is 2.62 bits per heavy atom. The maximum atomic E-state index is 8.41. The lowest BCUT2D eigenvalue weighted by atomic mass is 10.1. The number of halogens is 1. The summed E-state index contributed by atoms with van der Waals surface area (Å²) in [7, 11) is 0. The lowest BCUT2D eigenvalue weighted by Crippen LogP contribution is -1.85. The van der Waals surface area contributed by atoms with Crippen LogP contribution in [0.2, 0.25) is 5.02 Å². The van der Waals surface area contributed by atoms with Crippen LogP contribution in [0.15, 0.2) is 35.9 Å². The van der Waals surface area contributed by atoms with Crippen molar-refractivity contribution in [2.45, 2.75) is 13.3 Å². The van der Waals surface area contributed by atoms with Crippen molar-refractivity contribution >= 4 is 11.6 Å². The number of hydrogen-bond acceptors (Lipinski definition) is 1. The minimum absolute atomic E-state index is 0.741. The van der Waals surface area contributed by atoms with Crippen LogP contribution >= 0.6 is 11.6 Å². The molecule has 0 saturated carbocycles. The van der Waals surface area contributed by atoms with Crippen LogP contribution in [0.1, 0.15) is 12.5 Å². The number of nitrogens with zero attached hydrogens (tertiary/aromatic N) is 1. The average Bonchev–Trinajstić information content (AvgIpc) is 2.09. The first-order valence-electron chi connectivity index (χ1n) is 4.02. The predicted octanol–water partition coefficient (Wildman–Crippen LogP) is 3.35. The lowest BCUT2D eigenvalue weighted by molar-refractivity contribution is 1.14. The SMILES string of the molecule is C/C(=C\C#N)Cc1ccc(Cl)cc1. The van der Waals surface area contributed by atoms with E-state index in [0.717, 1.165) is 17.0 Å². The van der Waals surface area contributed by atoms with Crippen molar-refractivity contribution in [1.29, 1.82) is 5.26 Å². The molecule has 0 saturated heterocycles. The monoisotopic (exact) mass is 191 g/mol. The smallest absolute Gasteiger partial charge is 0.0911 e. The van der Waals surface area contributed by atoms with E-state index in [2.05, 4.69) is 0 Å². The van der Waals surface area contributed by atoms with Crippen molar-refractivity contribution in [3.05, 3.63) is 46.5 Å². The Hall–Kier alpha value is -1.26. The Morgan fingerprint density at radius 2 is 2.08 bits per heavy atom. The summed E-state index contributed by atoms with van der Waals surface area (Å²) in [6.07, 6.45) is 2.37. The highest BCUT2D eigenvalue weighted by atomic mass is 35.5. The van der Waals surface area contributed by atoms with Gasteiger partial charge < -0.3 is 0 Å². The van der Waals surface area contributed by atoms with E-state index in [1.807, 2.05) is 37.3 Å². The van der Waals surface area contributed by atoms with Gasteiger partial charge in [-0.1, -0.05) is 29.3 Å². The van der Waals surface area contributed by atoms with E-state index in [1.165, 1.54) is 5.56 Å². The molecule has 0 atom stereocenters. The van der Waals surface area contributed by atoms with Crippen LogP contribution in [0.5, 0.6) is 0 Å². The van der Waals surface area contributed by atoms with Gasteiger partial charge in [0.25, 0.3) is 0 Å². The molecule has 0 spiro atoms.